The van der Waals surface area contributed by atoms with Crippen LogP contribution >= 0.6 is 0 Å². The van der Waals surface area contributed by atoms with Crippen LogP contribution in [-0.4, -0.2) is 60.8 Å². The molecule has 1 aromatic carbocycles. The van der Waals surface area contributed by atoms with E-state index in [0.29, 0.717) is 19.6 Å². The van der Waals surface area contributed by atoms with Crippen molar-refractivity contribution in [3.63, 3.8) is 0 Å². The number of hydrogen-bond acceptors (Lipinski definition) is 4. The number of nitrogens with zero attached hydrogens (tertiary/aromatic N) is 2. The molecule has 5 nitrogen and oxygen atoms in total. The van der Waals surface area contributed by atoms with Crippen LogP contribution in [0.1, 0.15) is 26.3 Å². The largest absolute Gasteiger partial charge is 0.484 e. The summed E-state index contributed by atoms with van der Waals surface area (Å²) in [7, 11) is 0. The lowest BCUT2D eigenvalue weighted by molar-refractivity contribution is -0.135. The molecule has 2 rings (SSSR count). The van der Waals surface area contributed by atoms with Gasteiger partial charge in [0.05, 0.1) is 6.54 Å². The van der Waals surface area contributed by atoms with Crippen molar-refractivity contribution in [1.29, 1.82) is 0 Å². The lowest BCUT2D eigenvalue weighted by Gasteiger charge is -2.35. The van der Waals surface area contributed by atoms with Gasteiger partial charge < -0.3 is 9.64 Å². The molecule has 0 aromatic heterocycles. The molecule has 24 heavy (non-hydrogen) atoms. The highest BCUT2D eigenvalue weighted by Gasteiger charge is 2.27. The molecule has 1 aromatic rings. The maximum Gasteiger partial charge on any atom is 0.260 e. The van der Waals surface area contributed by atoms with Gasteiger partial charge in [0.1, 0.15) is 5.75 Å². The Kier molecular flexibility index (Phi) is 5.99. The Labute approximate surface area is 144 Å². The Hall–Kier alpha value is -1.88. The van der Waals surface area contributed by atoms with Crippen molar-refractivity contribution < 1.29 is 14.3 Å². The summed E-state index contributed by atoms with van der Waals surface area (Å²) in [6, 6.07) is 7.69. The summed E-state index contributed by atoms with van der Waals surface area (Å²) in [6.45, 7) is 11.1. The second kappa shape index (κ2) is 7.79. The van der Waals surface area contributed by atoms with Crippen molar-refractivity contribution in [3.05, 3.63) is 29.8 Å². The molecule has 1 heterocycles. The molecule has 5 heteroatoms. The lowest BCUT2D eigenvalue weighted by Crippen LogP contribution is -2.51. The van der Waals surface area contributed by atoms with Crippen molar-refractivity contribution in [2.45, 2.75) is 27.7 Å². The predicted octanol–water partition coefficient (Wildman–Crippen LogP) is 2.13. The summed E-state index contributed by atoms with van der Waals surface area (Å²) >= 11 is 0. The van der Waals surface area contributed by atoms with Gasteiger partial charge in [0, 0.05) is 31.6 Å². The standard InChI is InChI=1S/C19H28N2O3/c1-15-6-5-7-16(12-15)24-14-18(23)21-10-8-20(9-11-21)13-17(22)19(2,3)4/h5-7,12H,8-11,13-14H2,1-4H3. The number of piperazine rings is 1. The molecule has 0 radical (unpaired) electrons. The Bertz CT molecular complexity index is 585. The minimum atomic E-state index is -0.311. The fourth-order valence-electron chi connectivity index (χ4n) is 2.54. The normalized spacial score (nSPS) is 16.1. The van der Waals surface area contributed by atoms with Crippen LogP contribution in [0.5, 0.6) is 5.75 Å². The van der Waals surface area contributed by atoms with E-state index in [1.165, 1.54) is 0 Å². The Morgan fingerprint density at radius 1 is 1.12 bits per heavy atom. The summed E-state index contributed by atoms with van der Waals surface area (Å²) in [5.74, 6) is 0.959. The van der Waals surface area contributed by atoms with Crippen LogP contribution < -0.4 is 4.74 Å². The molecule has 1 fully saturated rings. The second-order valence-electron chi connectivity index (χ2n) is 7.44. The number of ether oxygens (including phenoxy) is 1. The number of Topliss-reactive ketones (excluding diaryl/α,β-unsaturated/α-hetero) is 1. The third-order valence-electron chi connectivity index (χ3n) is 4.28. The smallest absolute Gasteiger partial charge is 0.260 e. The number of benzene rings is 1. The van der Waals surface area contributed by atoms with Gasteiger partial charge in [-0.25, -0.2) is 0 Å². The zero-order valence-corrected chi connectivity index (χ0v) is 15.2. The molecular weight excluding hydrogens is 304 g/mol. The minimum absolute atomic E-state index is 0.00157. The van der Waals surface area contributed by atoms with Crippen LogP contribution in [0.25, 0.3) is 0 Å². The first kappa shape index (κ1) is 18.5. The van der Waals surface area contributed by atoms with Gasteiger partial charge in [0.25, 0.3) is 5.91 Å². The summed E-state index contributed by atoms with van der Waals surface area (Å²) < 4.78 is 5.58. The second-order valence-corrected chi connectivity index (χ2v) is 7.44. The molecule has 1 aliphatic heterocycles. The fourth-order valence-corrected chi connectivity index (χ4v) is 2.54. The van der Waals surface area contributed by atoms with Crippen molar-refractivity contribution in [2.75, 3.05) is 39.3 Å². The van der Waals surface area contributed by atoms with Gasteiger partial charge in [-0.3, -0.25) is 14.5 Å². The number of rotatable bonds is 5. The van der Waals surface area contributed by atoms with Gasteiger partial charge >= 0.3 is 0 Å². The van der Waals surface area contributed by atoms with E-state index in [4.69, 9.17) is 4.74 Å². The topological polar surface area (TPSA) is 49.9 Å². The van der Waals surface area contributed by atoms with Crippen molar-refractivity contribution >= 4 is 11.7 Å². The molecule has 0 bridgehead atoms. The number of aryl methyl sites for hydroxylation is 1. The highest BCUT2D eigenvalue weighted by Crippen LogP contribution is 2.16. The fraction of sp³-hybridized carbons (Fsp3) is 0.579. The molecule has 1 amide bonds. The van der Waals surface area contributed by atoms with Gasteiger partial charge in [-0.1, -0.05) is 32.9 Å². The molecule has 1 aliphatic rings. The van der Waals surface area contributed by atoms with E-state index in [-0.39, 0.29) is 23.7 Å². The predicted molar refractivity (Wildman–Crippen MR) is 94.2 cm³/mol. The maximum atomic E-state index is 12.3. The summed E-state index contributed by atoms with van der Waals surface area (Å²) in [6.07, 6.45) is 0. The van der Waals surface area contributed by atoms with E-state index >= 15 is 0 Å². The SMILES string of the molecule is Cc1cccc(OCC(=O)N2CCN(CC(=O)C(C)(C)C)CC2)c1. The third-order valence-corrected chi connectivity index (χ3v) is 4.28. The number of hydrogen-bond donors (Lipinski definition) is 0. The van der Waals surface area contributed by atoms with E-state index in [1.54, 1.807) is 0 Å². The zero-order valence-electron chi connectivity index (χ0n) is 15.2. The average Bonchev–Trinajstić information content (AvgIpc) is 2.52. The number of carbonyl (C=O) groups excluding carboxylic acids is 2. The van der Waals surface area contributed by atoms with Gasteiger partial charge in [-0.05, 0) is 24.6 Å². The van der Waals surface area contributed by atoms with Crippen molar-refractivity contribution in [2.24, 2.45) is 5.41 Å². The maximum absolute atomic E-state index is 12.3. The van der Waals surface area contributed by atoms with Crippen LogP contribution in [0.2, 0.25) is 0 Å². The number of ketones is 1. The first-order valence-corrected chi connectivity index (χ1v) is 8.48. The van der Waals surface area contributed by atoms with Crippen LogP contribution in [0.15, 0.2) is 24.3 Å². The van der Waals surface area contributed by atoms with Crippen molar-refractivity contribution in [1.82, 2.24) is 9.80 Å². The molecule has 132 valence electrons. The molecule has 1 saturated heterocycles. The van der Waals surface area contributed by atoms with Gasteiger partial charge in [0.15, 0.2) is 12.4 Å². The van der Waals surface area contributed by atoms with E-state index in [9.17, 15) is 9.59 Å². The molecule has 0 spiro atoms. The van der Waals surface area contributed by atoms with Gasteiger partial charge in [-0.2, -0.15) is 0 Å². The molecule has 0 unspecified atom stereocenters. The lowest BCUT2D eigenvalue weighted by atomic mass is 9.90. The number of amides is 1. The van der Waals surface area contributed by atoms with E-state index in [2.05, 4.69) is 4.90 Å². The Balaban J connectivity index is 1.75. The van der Waals surface area contributed by atoms with E-state index in [0.717, 1.165) is 24.4 Å². The molecular formula is C19H28N2O3. The van der Waals surface area contributed by atoms with Crippen LogP contribution in [0.3, 0.4) is 0 Å². The van der Waals surface area contributed by atoms with Crippen molar-refractivity contribution in [3.8, 4) is 5.75 Å². The number of carbonyl (C=O) groups is 2. The molecule has 0 aliphatic carbocycles. The van der Waals surface area contributed by atoms with Gasteiger partial charge in [0.2, 0.25) is 0 Å². The average molecular weight is 332 g/mol. The first-order chi connectivity index (χ1) is 11.3. The van der Waals surface area contributed by atoms with Gasteiger partial charge in [-0.15, -0.1) is 0 Å². The highest BCUT2D eigenvalue weighted by molar-refractivity contribution is 5.85. The molecule has 0 saturated carbocycles. The minimum Gasteiger partial charge on any atom is -0.484 e. The summed E-state index contributed by atoms with van der Waals surface area (Å²) in [5, 5.41) is 0. The first-order valence-electron chi connectivity index (χ1n) is 8.48. The highest BCUT2D eigenvalue weighted by atomic mass is 16.5. The zero-order chi connectivity index (χ0) is 17.7. The summed E-state index contributed by atoms with van der Waals surface area (Å²) in [5.41, 5.74) is 0.798. The van der Waals surface area contributed by atoms with Crippen LogP contribution in [-0.2, 0) is 9.59 Å². The van der Waals surface area contributed by atoms with E-state index in [1.807, 2.05) is 56.9 Å². The molecule has 0 N–H and O–H groups in total. The van der Waals surface area contributed by atoms with Crippen LogP contribution in [0.4, 0.5) is 0 Å². The third kappa shape index (κ3) is 5.34. The Morgan fingerprint density at radius 3 is 2.38 bits per heavy atom. The quantitative estimate of drug-likeness (QED) is 0.829. The van der Waals surface area contributed by atoms with Crippen LogP contribution in [0, 0.1) is 12.3 Å². The molecule has 0 atom stereocenters. The summed E-state index contributed by atoms with van der Waals surface area (Å²) in [4.78, 5) is 28.3. The monoisotopic (exact) mass is 332 g/mol. The van der Waals surface area contributed by atoms with E-state index < -0.39 is 0 Å². The Morgan fingerprint density at radius 2 is 1.79 bits per heavy atom.